The second kappa shape index (κ2) is 9.59. The van der Waals surface area contributed by atoms with Gasteiger partial charge >= 0.3 is 0 Å². The predicted molar refractivity (Wildman–Crippen MR) is 128 cm³/mol. The van der Waals surface area contributed by atoms with Crippen LogP contribution in [0.1, 0.15) is 44.9 Å². The molecule has 3 aromatic rings. The third-order valence-electron chi connectivity index (χ3n) is 4.76. The molecule has 0 unspecified atom stereocenters. The van der Waals surface area contributed by atoms with Gasteiger partial charge in [0.1, 0.15) is 16.1 Å². The van der Waals surface area contributed by atoms with Crippen molar-refractivity contribution in [2.45, 2.75) is 46.6 Å². The van der Waals surface area contributed by atoms with E-state index in [1.807, 2.05) is 45.1 Å². The Morgan fingerprint density at radius 3 is 2.38 bits per heavy atom. The Labute approximate surface area is 197 Å². The highest BCUT2D eigenvalue weighted by atomic mass is 35.5. The Balaban J connectivity index is 2.09. The summed E-state index contributed by atoms with van der Waals surface area (Å²) in [6, 6.07) is 5.12. The minimum atomic E-state index is -0.0235. The van der Waals surface area contributed by atoms with Gasteiger partial charge in [0.2, 0.25) is 5.96 Å². The first-order chi connectivity index (χ1) is 15.1. The predicted octanol–water partition coefficient (Wildman–Crippen LogP) is 4.58. The normalized spacial score (nSPS) is 11.8. The maximum Gasteiger partial charge on any atom is 0.229 e. The van der Waals surface area contributed by atoms with E-state index in [0.717, 1.165) is 22.3 Å². The molecule has 32 heavy (non-hydrogen) atoms. The smallest absolute Gasteiger partial charge is 0.229 e. The molecule has 3 rings (SSSR count). The number of hydrogen-bond donors (Lipinski definition) is 2. The summed E-state index contributed by atoms with van der Waals surface area (Å²) in [6.45, 7) is 10.3. The molecule has 0 saturated carbocycles. The molecular weight excluding hydrogens is 449 g/mol. The molecule has 2 N–H and O–H groups in total. The molecule has 3 heterocycles. The molecule has 168 valence electrons. The number of rotatable bonds is 5. The second-order valence-corrected chi connectivity index (χ2v) is 8.65. The molecule has 0 fully saturated rings. The van der Waals surface area contributed by atoms with E-state index in [0.29, 0.717) is 11.5 Å². The average molecular weight is 474 g/mol. The van der Waals surface area contributed by atoms with Gasteiger partial charge in [-0.05, 0) is 38.3 Å². The number of halogens is 2. The Bertz CT molecular complexity index is 1190. The van der Waals surface area contributed by atoms with E-state index in [9.17, 15) is 5.26 Å². The Kier molecular flexibility index (Phi) is 7.06. The fraction of sp³-hybridized carbons (Fsp3) is 0.381. The van der Waals surface area contributed by atoms with Crippen molar-refractivity contribution in [1.29, 1.82) is 5.26 Å². The van der Waals surface area contributed by atoms with Gasteiger partial charge < -0.3 is 0 Å². The van der Waals surface area contributed by atoms with Crippen molar-refractivity contribution in [3.05, 3.63) is 39.8 Å². The average Bonchev–Trinajstić information content (AvgIpc) is 2.98. The van der Waals surface area contributed by atoms with Crippen LogP contribution in [-0.4, -0.2) is 31.7 Å². The first-order valence-electron chi connectivity index (χ1n) is 10.1. The first-order valence-corrected chi connectivity index (χ1v) is 10.8. The highest BCUT2D eigenvalue weighted by Crippen LogP contribution is 2.30. The number of anilines is 1. The minimum absolute atomic E-state index is 0.0235. The van der Waals surface area contributed by atoms with Gasteiger partial charge in [-0.3, -0.25) is 20.4 Å². The van der Waals surface area contributed by atoms with Crippen molar-refractivity contribution in [2.24, 2.45) is 12.0 Å². The van der Waals surface area contributed by atoms with Crippen LogP contribution in [0.2, 0.25) is 10.3 Å². The standard InChI is InChI=1S/C21H25Cl2N9/c1-11(2)15-9-18(28-20-19(15)13(5)29-31(20)6)32(12(3)4)30-21(25-10-24)26-14-7-16(22)27-17(23)8-14/h7-9,11-12H,1-6H3,(H2,25,26,27,30). The van der Waals surface area contributed by atoms with Gasteiger partial charge in [0, 0.05) is 30.6 Å². The van der Waals surface area contributed by atoms with E-state index >= 15 is 0 Å². The van der Waals surface area contributed by atoms with Crippen molar-refractivity contribution < 1.29 is 0 Å². The van der Waals surface area contributed by atoms with E-state index in [1.165, 1.54) is 0 Å². The van der Waals surface area contributed by atoms with E-state index in [4.69, 9.17) is 28.2 Å². The summed E-state index contributed by atoms with van der Waals surface area (Å²) in [5.74, 6) is 1.13. The summed E-state index contributed by atoms with van der Waals surface area (Å²) in [7, 11) is 1.88. The van der Waals surface area contributed by atoms with Crippen LogP contribution >= 0.6 is 23.2 Å². The number of hydrazine groups is 1. The highest BCUT2D eigenvalue weighted by Gasteiger charge is 2.21. The number of nitriles is 1. The van der Waals surface area contributed by atoms with Crippen LogP contribution in [0, 0.1) is 18.4 Å². The van der Waals surface area contributed by atoms with Crippen LogP contribution in [0.4, 0.5) is 11.5 Å². The number of guanidine groups is 1. The molecule has 0 amide bonds. The van der Waals surface area contributed by atoms with E-state index < -0.39 is 0 Å². The number of nitrogens with one attached hydrogen (secondary N) is 2. The maximum atomic E-state index is 9.25. The number of aliphatic imine (C=N–C) groups is 1. The van der Waals surface area contributed by atoms with Gasteiger partial charge in [-0.1, -0.05) is 37.0 Å². The lowest BCUT2D eigenvalue weighted by Crippen LogP contribution is -2.51. The fourth-order valence-electron chi connectivity index (χ4n) is 3.39. The molecule has 0 aromatic carbocycles. The Morgan fingerprint density at radius 1 is 1.16 bits per heavy atom. The summed E-state index contributed by atoms with van der Waals surface area (Å²) in [6.07, 6.45) is 1.90. The van der Waals surface area contributed by atoms with Gasteiger partial charge in [0.05, 0.1) is 11.4 Å². The molecule has 0 aliphatic rings. The number of fused-ring (bicyclic) bond motifs is 1. The molecular formula is C21H25Cl2N9. The summed E-state index contributed by atoms with van der Waals surface area (Å²) in [5, 5.41) is 19.7. The third kappa shape index (κ3) is 5.03. The minimum Gasteiger partial charge on any atom is -0.266 e. The van der Waals surface area contributed by atoms with E-state index in [2.05, 4.69) is 39.7 Å². The zero-order valence-corrected chi connectivity index (χ0v) is 20.3. The number of hydrogen-bond acceptors (Lipinski definition) is 6. The number of aryl methyl sites for hydroxylation is 2. The summed E-state index contributed by atoms with van der Waals surface area (Å²) in [5.41, 5.74) is 6.48. The molecule has 0 bridgehead atoms. The SMILES string of the molecule is Cc1nn(C)c2nc(N(N/C(=N\c3cc(Cl)nc(Cl)c3)NC#N)C(C)C)cc(C(C)C)c12. The summed E-state index contributed by atoms with van der Waals surface area (Å²) in [4.78, 5) is 13.2. The Hall–Kier alpha value is -3.09. The van der Waals surface area contributed by atoms with E-state index in [-0.39, 0.29) is 28.2 Å². The number of pyridine rings is 2. The van der Waals surface area contributed by atoms with Gasteiger partial charge in [-0.2, -0.15) is 10.4 Å². The zero-order chi connectivity index (χ0) is 23.6. The van der Waals surface area contributed by atoms with Crippen molar-refractivity contribution in [3.63, 3.8) is 0 Å². The maximum absolute atomic E-state index is 9.25. The molecule has 0 aliphatic carbocycles. The van der Waals surface area contributed by atoms with Crippen LogP contribution in [0.25, 0.3) is 11.0 Å². The van der Waals surface area contributed by atoms with Crippen molar-refractivity contribution in [2.75, 3.05) is 5.01 Å². The molecule has 9 nitrogen and oxygen atoms in total. The molecule has 0 radical (unpaired) electrons. The molecule has 0 atom stereocenters. The first kappa shape index (κ1) is 23.6. The number of nitrogens with zero attached hydrogens (tertiary/aromatic N) is 7. The lowest BCUT2D eigenvalue weighted by atomic mass is 9.99. The van der Waals surface area contributed by atoms with Gasteiger partial charge in [-0.25, -0.2) is 15.0 Å². The van der Waals surface area contributed by atoms with Crippen LogP contribution in [0.15, 0.2) is 23.2 Å². The van der Waals surface area contributed by atoms with Gasteiger partial charge in [0.25, 0.3) is 0 Å². The molecule has 0 spiro atoms. The van der Waals surface area contributed by atoms with Gasteiger partial charge in [0.15, 0.2) is 11.8 Å². The Morgan fingerprint density at radius 2 is 1.81 bits per heavy atom. The zero-order valence-electron chi connectivity index (χ0n) is 18.8. The highest BCUT2D eigenvalue weighted by molar-refractivity contribution is 6.32. The monoisotopic (exact) mass is 473 g/mol. The largest absolute Gasteiger partial charge is 0.266 e. The van der Waals surface area contributed by atoms with Crippen LogP contribution in [0.3, 0.4) is 0 Å². The lowest BCUT2D eigenvalue weighted by molar-refractivity contribution is 0.638. The van der Waals surface area contributed by atoms with Crippen LogP contribution < -0.4 is 15.8 Å². The lowest BCUT2D eigenvalue weighted by Gasteiger charge is -2.30. The van der Waals surface area contributed by atoms with Crippen molar-refractivity contribution in [1.82, 2.24) is 30.5 Å². The summed E-state index contributed by atoms with van der Waals surface area (Å²) < 4.78 is 1.78. The van der Waals surface area contributed by atoms with Crippen molar-refractivity contribution in [3.8, 4) is 6.19 Å². The fourth-order valence-corrected chi connectivity index (χ4v) is 3.84. The number of aromatic nitrogens is 4. The van der Waals surface area contributed by atoms with Crippen LogP contribution in [0.5, 0.6) is 0 Å². The summed E-state index contributed by atoms with van der Waals surface area (Å²) >= 11 is 12.0. The quantitative estimate of drug-likeness (QED) is 0.139. The topological polar surface area (TPSA) is 107 Å². The van der Waals surface area contributed by atoms with Gasteiger partial charge in [-0.15, -0.1) is 0 Å². The van der Waals surface area contributed by atoms with Crippen LogP contribution in [-0.2, 0) is 7.05 Å². The molecule has 11 heteroatoms. The molecule has 0 aliphatic heterocycles. The van der Waals surface area contributed by atoms with Crippen molar-refractivity contribution >= 4 is 51.7 Å². The molecule has 3 aromatic heterocycles. The molecule has 0 saturated heterocycles. The van der Waals surface area contributed by atoms with E-state index in [1.54, 1.807) is 16.8 Å². The third-order valence-corrected chi connectivity index (χ3v) is 5.15. The second-order valence-electron chi connectivity index (χ2n) is 7.88.